The van der Waals surface area contributed by atoms with Crippen LogP contribution >= 0.6 is 11.6 Å². The van der Waals surface area contributed by atoms with Gasteiger partial charge in [-0.05, 0) is 36.8 Å². The smallest absolute Gasteiger partial charge is 0.303 e. The number of aliphatic carboxylic acids is 1. The molecule has 0 heterocycles. The first-order valence-corrected chi connectivity index (χ1v) is 7.56. The summed E-state index contributed by atoms with van der Waals surface area (Å²) in [5.41, 5.74) is 1.12. The number of para-hydroxylation sites is 1. The first-order valence-electron chi connectivity index (χ1n) is 7.19. The molecule has 1 saturated carbocycles. The lowest BCUT2D eigenvalue weighted by Crippen LogP contribution is -2.28. The molecule has 1 amide bonds. The molecule has 0 radical (unpaired) electrons. The predicted octanol–water partition coefficient (Wildman–Crippen LogP) is 4.01. The van der Waals surface area contributed by atoms with Crippen molar-refractivity contribution in [2.24, 2.45) is 5.41 Å². The van der Waals surface area contributed by atoms with Crippen LogP contribution in [0.2, 0.25) is 5.02 Å². The van der Waals surface area contributed by atoms with Gasteiger partial charge in [-0.15, -0.1) is 0 Å². The van der Waals surface area contributed by atoms with E-state index in [0.717, 1.165) is 31.2 Å². The zero-order valence-corrected chi connectivity index (χ0v) is 12.9. The van der Waals surface area contributed by atoms with E-state index in [4.69, 9.17) is 16.7 Å². The van der Waals surface area contributed by atoms with E-state index >= 15 is 0 Å². The molecule has 0 aromatic heterocycles. The van der Waals surface area contributed by atoms with Crippen LogP contribution in [0, 0.1) is 12.3 Å². The molecule has 4 nitrogen and oxygen atoms in total. The fraction of sp³-hybridized carbons (Fsp3) is 0.500. The number of aryl methyl sites for hydroxylation is 1. The minimum absolute atomic E-state index is 0.0575. The van der Waals surface area contributed by atoms with Crippen LogP contribution in [0.3, 0.4) is 0 Å². The van der Waals surface area contributed by atoms with Gasteiger partial charge in [0.05, 0.1) is 17.1 Å². The number of hydrogen-bond donors (Lipinski definition) is 2. The van der Waals surface area contributed by atoms with E-state index in [0.29, 0.717) is 10.7 Å². The van der Waals surface area contributed by atoms with E-state index in [2.05, 4.69) is 5.32 Å². The third-order valence-electron chi connectivity index (χ3n) is 4.21. The number of nitrogens with one attached hydrogen (secondary N) is 1. The van der Waals surface area contributed by atoms with Crippen molar-refractivity contribution < 1.29 is 14.7 Å². The molecule has 5 heteroatoms. The minimum Gasteiger partial charge on any atom is -0.481 e. The summed E-state index contributed by atoms with van der Waals surface area (Å²) >= 11 is 6.10. The van der Waals surface area contributed by atoms with Crippen LogP contribution in [-0.2, 0) is 9.59 Å². The van der Waals surface area contributed by atoms with Crippen LogP contribution in [-0.4, -0.2) is 17.0 Å². The molecule has 114 valence electrons. The maximum absolute atomic E-state index is 12.3. The molecule has 0 saturated heterocycles. The first-order chi connectivity index (χ1) is 9.92. The minimum atomic E-state index is -0.835. The number of hydrogen-bond acceptors (Lipinski definition) is 2. The summed E-state index contributed by atoms with van der Waals surface area (Å²) < 4.78 is 0. The summed E-state index contributed by atoms with van der Waals surface area (Å²) in [5.74, 6) is -0.993. The van der Waals surface area contributed by atoms with Crippen LogP contribution in [0.4, 0.5) is 5.69 Å². The Morgan fingerprint density at radius 1 is 1.29 bits per heavy atom. The monoisotopic (exact) mass is 309 g/mol. The van der Waals surface area contributed by atoms with Gasteiger partial charge in [-0.3, -0.25) is 9.59 Å². The van der Waals surface area contributed by atoms with Crippen molar-refractivity contribution in [1.82, 2.24) is 0 Å². The van der Waals surface area contributed by atoms with Gasteiger partial charge >= 0.3 is 5.97 Å². The molecule has 2 rings (SSSR count). The molecule has 0 unspecified atom stereocenters. The highest BCUT2D eigenvalue weighted by molar-refractivity contribution is 6.33. The zero-order valence-electron chi connectivity index (χ0n) is 12.1. The second-order valence-corrected chi connectivity index (χ2v) is 6.34. The summed E-state index contributed by atoms with van der Waals surface area (Å²) in [4.78, 5) is 23.4. The number of carbonyl (C=O) groups excluding carboxylic acids is 1. The van der Waals surface area contributed by atoms with Gasteiger partial charge in [-0.25, -0.2) is 0 Å². The van der Waals surface area contributed by atoms with Crippen LogP contribution in [0.15, 0.2) is 18.2 Å². The fourth-order valence-electron chi connectivity index (χ4n) is 3.18. The third kappa shape index (κ3) is 3.97. The lowest BCUT2D eigenvalue weighted by Gasteiger charge is -2.26. The Balaban J connectivity index is 2.08. The number of carboxylic acids is 1. The highest BCUT2D eigenvalue weighted by Gasteiger charge is 2.38. The topological polar surface area (TPSA) is 66.4 Å². The normalized spacial score (nSPS) is 16.7. The van der Waals surface area contributed by atoms with Crippen molar-refractivity contribution in [2.75, 3.05) is 5.32 Å². The van der Waals surface area contributed by atoms with Crippen molar-refractivity contribution >= 4 is 29.2 Å². The third-order valence-corrected chi connectivity index (χ3v) is 4.53. The number of amides is 1. The molecule has 0 aliphatic heterocycles. The van der Waals surface area contributed by atoms with Gasteiger partial charge < -0.3 is 10.4 Å². The second-order valence-electron chi connectivity index (χ2n) is 5.93. The van der Waals surface area contributed by atoms with Crippen LogP contribution in [0.5, 0.6) is 0 Å². The average molecular weight is 310 g/mol. The summed E-state index contributed by atoms with van der Waals surface area (Å²) in [6.07, 6.45) is 3.88. The molecule has 1 aliphatic rings. The van der Waals surface area contributed by atoms with E-state index in [-0.39, 0.29) is 18.7 Å². The number of anilines is 1. The summed E-state index contributed by atoms with van der Waals surface area (Å²) in [6.45, 7) is 1.88. The van der Waals surface area contributed by atoms with Crippen molar-refractivity contribution in [3.05, 3.63) is 28.8 Å². The molecule has 1 aromatic carbocycles. The molecule has 21 heavy (non-hydrogen) atoms. The number of carboxylic acid groups (broad SMARTS) is 1. The van der Waals surface area contributed by atoms with Gasteiger partial charge in [0.15, 0.2) is 0 Å². The Morgan fingerprint density at radius 3 is 2.52 bits per heavy atom. The van der Waals surface area contributed by atoms with E-state index in [1.54, 1.807) is 6.07 Å². The van der Waals surface area contributed by atoms with E-state index in [9.17, 15) is 9.59 Å². The van der Waals surface area contributed by atoms with Gasteiger partial charge in [-0.2, -0.15) is 0 Å². The molecule has 0 spiro atoms. The Morgan fingerprint density at radius 2 is 1.95 bits per heavy atom. The number of halogens is 1. The Hall–Kier alpha value is -1.55. The Bertz CT molecular complexity index is 530. The maximum Gasteiger partial charge on any atom is 0.303 e. The second kappa shape index (κ2) is 6.48. The van der Waals surface area contributed by atoms with Gasteiger partial charge in [-0.1, -0.05) is 36.6 Å². The first kappa shape index (κ1) is 15.8. The summed E-state index contributed by atoms with van der Waals surface area (Å²) in [5, 5.41) is 12.4. The predicted molar refractivity (Wildman–Crippen MR) is 82.6 cm³/mol. The van der Waals surface area contributed by atoms with Crippen molar-refractivity contribution in [3.63, 3.8) is 0 Å². The molecule has 2 N–H and O–H groups in total. The van der Waals surface area contributed by atoms with E-state index < -0.39 is 11.4 Å². The maximum atomic E-state index is 12.3. The van der Waals surface area contributed by atoms with Crippen molar-refractivity contribution in [3.8, 4) is 0 Å². The highest BCUT2D eigenvalue weighted by atomic mass is 35.5. The zero-order chi connectivity index (χ0) is 15.5. The SMILES string of the molecule is Cc1cccc(Cl)c1NC(=O)CC1(CC(=O)O)CCCC1. The standard InChI is InChI=1S/C16H20ClNO3/c1-11-5-4-6-12(17)15(11)18-13(19)9-16(10-14(20)21)7-2-3-8-16/h4-6H,2-3,7-10H2,1H3,(H,18,19)(H,20,21). The molecule has 0 atom stereocenters. The lowest BCUT2D eigenvalue weighted by molar-refractivity contribution is -0.140. The molecule has 1 fully saturated rings. The number of rotatable bonds is 5. The van der Waals surface area contributed by atoms with E-state index in [1.807, 2.05) is 19.1 Å². The molecule has 1 aromatic rings. The Labute approximate surface area is 129 Å². The number of carbonyl (C=O) groups is 2. The largest absolute Gasteiger partial charge is 0.481 e. The van der Waals surface area contributed by atoms with E-state index in [1.165, 1.54) is 0 Å². The molecule has 0 bridgehead atoms. The van der Waals surface area contributed by atoms with Crippen LogP contribution < -0.4 is 5.32 Å². The van der Waals surface area contributed by atoms with Crippen LogP contribution in [0.25, 0.3) is 0 Å². The highest BCUT2D eigenvalue weighted by Crippen LogP contribution is 2.44. The summed E-state index contributed by atoms with van der Waals surface area (Å²) in [7, 11) is 0. The summed E-state index contributed by atoms with van der Waals surface area (Å²) in [6, 6.07) is 5.44. The van der Waals surface area contributed by atoms with Crippen molar-refractivity contribution in [2.45, 2.75) is 45.4 Å². The molecular weight excluding hydrogens is 290 g/mol. The quantitative estimate of drug-likeness (QED) is 0.863. The molecular formula is C16H20ClNO3. The molecule has 1 aliphatic carbocycles. The van der Waals surface area contributed by atoms with Gasteiger partial charge in [0.2, 0.25) is 5.91 Å². The fourth-order valence-corrected chi connectivity index (χ4v) is 3.45. The van der Waals surface area contributed by atoms with Gasteiger partial charge in [0.1, 0.15) is 0 Å². The Kier molecular flexibility index (Phi) is 4.88. The average Bonchev–Trinajstić information content (AvgIpc) is 2.81. The van der Waals surface area contributed by atoms with Crippen molar-refractivity contribution in [1.29, 1.82) is 0 Å². The number of benzene rings is 1. The van der Waals surface area contributed by atoms with Gasteiger partial charge in [0, 0.05) is 6.42 Å². The van der Waals surface area contributed by atoms with Gasteiger partial charge in [0.25, 0.3) is 0 Å². The lowest BCUT2D eigenvalue weighted by atomic mass is 9.79. The van der Waals surface area contributed by atoms with Crippen LogP contribution in [0.1, 0.15) is 44.1 Å².